The van der Waals surface area contributed by atoms with Crippen LogP contribution in [0.5, 0.6) is 0 Å². The molecule has 5 rings (SSSR count). The fraction of sp³-hybridized carbons (Fsp3) is 0. The van der Waals surface area contributed by atoms with Gasteiger partial charge in [0.15, 0.2) is 0 Å². The predicted molar refractivity (Wildman–Crippen MR) is 112 cm³/mol. The van der Waals surface area contributed by atoms with Crippen molar-refractivity contribution in [3.8, 4) is 0 Å². The number of fused-ring (bicyclic) bond motifs is 2. The first-order chi connectivity index (χ1) is 13.6. The molecular formula is C22H12Cl2N2O2. The van der Waals surface area contributed by atoms with Gasteiger partial charge < -0.3 is 9.97 Å². The third-order valence-electron chi connectivity index (χ3n) is 5.01. The second-order valence-corrected chi connectivity index (χ2v) is 7.29. The van der Waals surface area contributed by atoms with Crippen molar-refractivity contribution in [1.29, 1.82) is 0 Å². The maximum Gasteiger partial charge on any atom is 0.207 e. The number of rotatable bonds is 2. The van der Waals surface area contributed by atoms with Crippen LogP contribution in [0, 0.1) is 0 Å². The highest BCUT2D eigenvalue weighted by molar-refractivity contribution is 6.68. The number of carbonyl (C=O) groups excluding carboxylic acids is 2. The molecule has 28 heavy (non-hydrogen) atoms. The largest absolute Gasteiger partial charge is 0.361 e. The quantitative estimate of drug-likeness (QED) is 0.437. The SMILES string of the molecule is O=C1C(Cl)=C(c2c[nH]c3ccccc23)C(=O)C(Cl)=C1c1c[nH]c2ccccc12. The van der Waals surface area contributed by atoms with Gasteiger partial charge in [-0.3, -0.25) is 9.59 Å². The van der Waals surface area contributed by atoms with E-state index in [2.05, 4.69) is 9.97 Å². The van der Waals surface area contributed by atoms with Crippen LogP contribution in [0.15, 0.2) is 71.0 Å². The predicted octanol–water partition coefficient (Wildman–Crippen LogP) is 5.40. The van der Waals surface area contributed by atoms with Crippen LogP contribution in [0.25, 0.3) is 33.0 Å². The van der Waals surface area contributed by atoms with E-state index in [9.17, 15) is 9.59 Å². The van der Waals surface area contributed by atoms with E-state index >= 15 is 0 Å². The second-order valence-electron chi connectivity index (χ2n) is 6.53. The second kappa shape index (κ2) is 6.23. The molecule has 4 nitrogen and oxygen atoms in total. The molecule has 0 saturated carbocycles. The summed E-state index contributed by atoms with van der Waals surface area (Å²) in [6, 6.07) is 15.0. The van der Waals surface area contributed by atoms with Crippen molar-refractivity contribution >= 4 is 67.7 Å². The Kier molecular flexibility index (Phi) is 3.79. The topological polar surface area (TPSA) is 65.7 Å². The van der Waals surface area contributed by atoms with E-state index in [4.69, 9.17) is 23.2 Å². The summed E-state index contributed by atoms with van der Waals surface area (Å²) >= 11 is 12.9. The Morgan fingerprint density at radius 1 is 0.607 bits per heavy atom. The Labute approximate surface area is 169 Å². The number of halogens is 2. The number of aromatic nitrogens is 2. The van der Waals surface area contributed by atoms with E-state index in [0.29, 0.717) is 11.1 Å². The monoisotopic (exact) mass is 406 g/mol. The van der Waals surface area contributed by atoms with Gasteiger partial charge in [0.1, 0.15) is 10.1 Å². The van der Waals surface area contributed by atoms with E-state index < -0.39 is 11.6 Å². The number of ketones is 2. The smallest absolute Gasteiger partial charge is 0.207 e. The van der Waals surface area contributed by atoms with Crippen LogP contribution in [0.2, 0.25) is 0 Å². The zero-order chi connectivity index (χ0) is 19.4. The Balaban J connectivity index is 1.71. The minimum absolute atomic E-state index is 0.123. The van der Waals surface area contributed by atoms with Crippen LogP contribution in [0.3, 0.4) is 0 Å². The normalized spacial score (nSPS) is 15.4. The zero-order valence-corrected chi connectivity index (χ0v) is 15.9. The number of allylic oxidation sites excluding steroid dienone is 4. The third kappa shape index (κ3) is 2.32. The van der Waals surface area contributed by atoms with Gasteiger partial charge in [0, 0.05) is 45.3 Å². The number of aromatic amines is 2. The number of hydrogen-bond acceptors (Lipinski definition) is 2. The molecule has 6 heteroatoms. The molecule has 0 spiro atoms. The van der Waals surface area contributed by atoms with Crippen molar-refractivity contribution in [2.24, 2.45) is 0 Å². The zero-order valence-electron chi connectivity index (χ0n) is 14.3. The van der Waals surface area contributed by atoms with Crippen molar-refractivity contribution in [3.63, 3.8) is 0 Å². The summed E-state index contributed by atoms with van der Waals surface area (Å²) in [6.07, 6.45) is 3.35. The van der Waals surface area contributed by atoms with Crippen molar-refractivity contribution < 1.29 is 9.59 Å². The first kappa shape index (κ1) is 17.0. The number of benzene rings is 2. The Morgan fingerprint density at radius 2 is 1.00 bits per heavy atom. The van der Waals surface area contributed by atoms with Crippen molar-refractivity contribution in [2.45, 2.75) is 0 Å². The minimum atomic E-state index is -0.462. The van der Waals surface area contributed by atoms with Gasteiger partial charge in [-0.15, -0.1) is 0 Å². The summed E-state index contributed by atoms with van der Waals surface area (Å²) in [5.74, 6) is -0.924. The molecule has 2 heterocycles. The maximum atomic E-state index is 13.2. The molecule has 0 fully saturated rings. The first-order valence-electron chi connectivity index (χ1n) is 8.60. The van der Waals surface area contributed by atoms with Gasteiger partial charge in [0.2, 0.25) is 11.6 Å². The maximum absolute atomic E-state index is 13.2. The lowest BCUT2D eigenvalue weighted by molar-refractivity contribution is -0.113. The van der Waals surface area contributed by atoms with Crippen LogP contribution in [0.1, 0.15) is 11.1 Å². The van der Waals surface area contributed by atoms with E-state index in [1.54, 1.807) is 12.4 Å². The summed E-state index contributed by atoms with van der Waals surface area (Å²) in [7, 11) is 0. The minimum Gasteiger partial charge on any atom is -0.361 e. The van der Waals surface area contributed by atoms with Gasteiger partial charge >= 0.3 is 0 Å². The lowest BCUT2D eigenvalue weighted by atomic mass is 9.88. The summed E-state index contributed by atoms with van der Waals surface area (Å²) in [4.78, 5) is 32.5. The number of Topliss-reactive ketones (excluding diaryl/α,β-unsaturated/α-hetero) is 2. The Morgan fingerprint density at radius 3 is 1.43 bits per heavy atom. The van der Waals surface area contributed by atoms with Crippen molar-refractivity contribution in [2.75, 3.05) is 0 Å². The van der Waals surface area contributed by atoms with Gasteiger partial charge in [0.25, 0.3) is 0 Å². The number of carbonyl (C=O) groups is 2. The molecular weight excluding hydrogens is 395 g/mol. The fourth-order valence-electron chi connectivity index (χ4n) is 3.68. The van der Waals surface area contributed by atoms with Crippen LogP contribution >= 0.6 is 23.2 Å². The van der Waals surface area contributed by atoms with E-state index in [1.165, 1.54) is 0 Å². The molecule has 0 amide bonds. The lowest BCUT2D eigenvalue weighted by Gasteiger charge is -2.17. The molecule has 0 bridgehead atoms. The fourth-order valence-corrected chi connectivity index (χ4v) is 4.25. The van der Waals surface area contributed by atoms with Crippen LogP contribution < -0.4 is 0 Å². The van der Waals surface area contributed by atoms with Crippen LogP contribution in [-0.4, -0.2) is 21.5 Å². The summed E-state index contributed by atoms with van der Waals surface area (Å²) < 4.78 is 0. The number of H-pyrrole nitrogens is 2. The summed E-state index contributed by atoms with van der Waals surface area (Å²) in [5, 5.41) is 1.35. The highest BCUT2D eigenvalue weighted by atomic mass is 35.5. The van der Waals surface area contributed by atoms with Crippen LogP contribution in [-0.2, 0) is 9.59 Å². The third-order valence-corrected chi connectivity index (χ3v) is 5.73. The van der Waals surface area contributed by atoms with Gasteiger partial charge in [-0.05, 0) is 12.1 Å². The molecule has 2 aromatic heterocycles. The molecule has 2 aromatic carbocycles. The summed E-state index contributed by atoms with van der Waals surface area (Å²) in [5.41, 5.74) is 3.06. The lowest BCUT2D eigenvalue weighted by Crippen LogP contribution is -2.18. The molecule has 136 valence electrons. The first-order valence-corrected chi connectivity index (χ1v) is 9.35. The van der Waals surface area contributed by atoms with Crippen molar-refractivity contribution in [1.82, 2.24) is 9.97 Å². The molecule has 0 atom stereocenters. The van der Waals surface area contributed by atoms with Gasteiger partial charge in [-0.1, -0.05) is 59.6 Å². The highest BCUT2D eigenvalue weighted by Crippen LogP contribution is 2.42. The molecule has 1 aliphatic rings. The molecule has 4 aromatic rings. The number of hydrogen-bond donors (Lipinski definition) is 2. The highest BCUT2D eigenvalue weighted by Gasteiger charge is 2.36. The number of nitrogens with one attached hydrogen (secondary N) is 2. The van der Waals surface area contributed by atoms with Crippen LogP contribution in [0.4, 0.5) is 0 Å². The number of para-hydroxylation sites is 2. The Bertz CT molecular complexity index is 1270. The molecule has 0 radical (unpaired) electrons. The van der Waals surface area contributed by atoms with Gasteiger partial charge in [0.05, 0.1) is 11.1 Å². The summed E-state index contributed by atoms with van der Waals surface area (Å²) in [6.45, 7) is 0. The molecule has 0 saturated heterocycles. The van der Waals surface area contributed by atoms with Gasteiger partial charge in [-0.25, -0.2) is 0 Å². The molecule has 2 N–H and O–H groups in total. The van der Waals surface area contributed by atoms with Gasteiger partial charge in [-0.2, -0.15) is 0 Å². The average molecular weight is 407 g/mol. The van der Waals surface area contributed by atoms with E-state index in [1.807, 2.05) is 48.5 Å². The average Bonchev–Trinajstić information content (AvgIpc) is 3.32. The van der Waals surface area contributed by atoms with E-state index in [0.717, 1.165) is 21.8 Å². The molecule has 1 aliphatic carbocycles. The molecule has 0 aliphatic heterocycles. The standard InChI is InChI=1S/C22H12Cl2N2O2/c23-19-17(13-9-25-15-7-3-1-5-11(13)15)21(27)20(24)18(22(19)28)14-10-26-16-8-4-2-6-12(14)16/h1-10,25-26H. The molecule has 0 unspecified atom stereocenters. The van der Waals surface area contributed by atoms with E-state index in [-0.39, 0.29) is 21.2 Å². The van der Waals surface area contributed by atoms with Crippen molar-refractivity contribution in [3.05, 3.63) is 82.1 Å². The Hall–Kier alpha value is -3.08.